The number of nitrogens with two attached hydrogens (primary N) is 1. The molecule has 0 aliphatic carbocycles. The molecule has 36 heavy (non-hydrogen) atoms. The molecule has 0 spiro atoms. The monoisotopic (exact) mass is 564 g/mol. The quantitative estimate of drug-likeness (QED) is 0.170. The second kappa shape index (κ2) is 10.2. The van der Waals surface area contributed by atoms with Crippen molar-refractivity contribution in [3.05, 3.63) is 48.5 Å². The molecule has 19 heteroatoms. The molecular weight excluding hydrogens is 547 g/mol. The van der Waals surface area contributed by atoms with Crippen molar-refractivity contribution in [1.29, 1.82) is 0 Å². The van der Waals surface area contributed by atoms with E-state index in [0.717, 1.165) is 12.1 Å². The van der Waals surface area contributed by atoms with Gasteiger partial charge in [-0.3, -0.25) is 9.11 Å². The Kier molecular flexibility index (Phi) is 7.71. The summed E-state index contributed by atoms with van der Waals surface area (Å²) in [6.07, 6.45) is -1.18. The van der Waals surface area contributed by atoms with Crippen molar-refractivity contribution in [1.82, 2.24) is 15.0 Å². The zero-order valence-electron chi connectivity index (χ0n) is 17.7. The van der Waals surface area contributed by atoms with Crippen LogP contribution in [-0.4, -0.2) is 61.7 Å². The first-order chi connectivity index (χ1) is 16.6. The molecule has 0 radical (unpaired) electrons. The van der Waals surface area contributed by atoms with E-state index in [4.69, 9.17) is 14.8 Å². The van der Waals surface area contributed by atoms with Gasteiger partial charge in [0.2, 0.25) is 11.9 Å². The SMILES string of the molecule is Nc1cc(Nc2nc(F)nc(Nc3ccc(S(=O)(=O)CCOS(=O)(=O)O)cc3)n2)ccc1S(=O)(=O)O. The Hall–Kier alpha value is -3.49. The summed E-state index contributed by atoms with van der Waals surface area (Å²) in [4.78, 5) is 10.2. The molecule has 0 saturated heterocycles. The van der Waals surface area contributed by atoms with Gasteiger partial charge in [0.1, 0.15) is 4.90 Å². The van der Waals surface area contributed by atoms with Crippen molar-refractivity contribution >= 4 is 59.3 Å². The Labute approximate surface area is 204 Å². The van der Waals surface area contributed by atoms with Crippen LogP contribution in [0, 0.1) is 6.08 Å². The topological polar surface area (TPSA) is 241 Å². The molecule has 0 fully saturated rings. The number of anilines is 5. The van der Waals surface area contributed by atoms with Gasteiger partial charge in [-0.05, 0) is 42.5 Å². The normalized spacial score (nSPS) is 12.3. The van der Waals surface area contributed by atoms with Gasteiger partial charge < -0.3 is 16.4 Å². The summed E-state index contributed by atoms with van der Waals surface area (Å²) in [6, 6.07) is 8.38. The first kappa shape index (κ1) is 27.1. The van der Waals surface area contributed by atoms with E-state index in [0.29, 0.717) is 0 Å². The summed E-state index contributed by atoms with van der Waals surface area (Å²) in [7, 11) is -13.3. The predicted molar refractivity (Wildman–Crippen MR) is 123 cm³/mol. The lowest BCUT2D eigenvalue weighted by atomic mass is 10.3. The molecule has 2 aromatic carbocycles. The minimum atomic E-state index is -4.78. The standard InChI is InChI=1S/C17H17FN6O9S3/c18-15-22-16(24-17(23-15)21-11-3-6-14(13(19)9-11)35(27,28)29)20-10-1-4-12(5-2-10)34(25,26)8-7-33-36(30,31)32/h1-6,9H,7-8,19H2,(H,27,28,29)(H,30,31,32)(H2,20,21,22,23,24). The lowest BCUT2D eigenvalue weighted by molar-refractivity contribution is 0.284. The van der Waals surface area contributed by atoms with Gasteiger partial charge in [0.05, 0.1) is 22.9 Å². The van der Waals surface area contributed by atoms with E-state index in [1.807, 2.05) is 0 Å². The van der Waals surface area contributed by atoms with Gasteiger partial charge in [-0.25, -0.2) is 12.6 Å². The van der Waals surface area contributed by atoms with E-state index in [1.165, 1.54) is 30.3 Å². The van der Waals surface area contributed by atoms with Crippen LogP contribution in [0.3, 0.4) is 0 Å². The fraction of sp³-hybridized carbons (Fsp3) is 0.118. The molecular formula is C17H17FN6O9S3. The van der Waals surface area contributed by atoms with E-state index in [-0.39, 0.29) is 33.9 Å². The smallest absolute Gasteiger partial charge is 0.397 e. The van der Waals surface area contributed by atoms with Gasteiger partial charge in [-0.15, -0.1) is 0 Å². The summed E-state index contributed by atoms with van der Waals surface area (Å²) in [5, 5.41) is 5.24. The number of halogens is 1. The molecule has 0 aliphatic rings. The van der Waals surface area contributed by atoms with Crippen LogP contribution in [0.4, 0.5) is 33.3 Å². The average molecular weight is 565 g/mol. The van der Waals surface area contributed by atoms with Crippen LogP contribution in [0.15, 0.2) is 52.3 Å². The summed E-state index contributed by atoms with van der Waals surface area (Å²) in [5.74, 6) is -1.28. The van der Waals surface area contributed by atoms with Crippen LogP contribution in [0.25, 0.3) is 0 Å². The van der Waals surface area contributed by atoms with Crippen LogP contribution in [-0.2, 0) is 34.5 Å². The molecule has 1 heterocycles. The van der Waals surface area contributed by atoms with Gasteiger partial charge in [0.25, 0.3) is 10.1 Å². The van der Waals surface area contributed by atoms with Crippen molar-refractivity contribution < 1.29 is 42.9 Å². The number of nitrogens with zero attached hydrogens (tertiary/aromatic N) is 3. The highest BCUT2D eigenvalue weighted by molar-refractivity contribution is 7.91. The Morgan fingerprint density at radius 1 is 0.861 bits per heavy atom. The van der Waals surface area contributed by atoms with Crippen LogP contribution >= 0.6 is 0 Å². The van der Waals surface area contributed by atoms with Crippen LogP contribution in [0.1, 0.15) is 0 Å². The molecule has 0 aliphatic heterocycles. The van der Waals surface area contributed by atoms with E-state index in [1.54, 1.807) is 0 Å². The summed E-state index contributed by atoms with van der Waals surface area (Å²) in [6.45, 7) is -0.786. The summed E-state index contributed by atoms with van der Waals surface area (Å²) >= 11 is 0. The average Bonchev–Trinajstić information content (AvgIpc) is 2.71. The molecule has 1 aromatic heterocycles. The first-order valence-corrected chi connectivity index (χ1v) is 13.9. The molecule has 3 rings (SSSR count). The summed E-state index contributed by atoms with van der Waals surface area (Å²) in [5.41, 5.74) is 5.74. The molecule has 15 nitrogen and oxygen atoms in total. The third kappa shape index (κ3) is 7.50. The number of hydrogen-bond donors (Lipinski definition) is 5. The number of rotatable bonds is 10. The number of aromatic nitrogens is 3. The fourth-order valence-electron chi connectivity index (χ4n) is 2.69. The lowest BCUT2D eigenvalue weighted by Gasteiger charge is -2.10. The second-order valence-corrected chi connectivity index (χ2v) is 11.4. The van der Waals surface area contributed by atoms with Crippen LogP contribution < -0.4 is 16.4 Å². The molecule has 3 aromatic rings. The zero-order valence-corrected chi connectivity index (χ0v) is 20.2. The second-order valence-electron chi connectivity index (χ2n) is 6.82. The highest BCUT2D eigenvalue weighted by Gasteiger charge is 2.17. The highest BCUT2D eigenvalue weighted by atomic mass is 32.3. The van der Waals surface area contributed by atoms with Crippen molar-refractivity contribution in [3.63, 3.8) is 0 Å². The molecule has 0 bridgehead atoms. The number of nitrogens with one attached hydrogen (secondary N) is 2. The molecule has 0 saturated carbocycles. The van der Waals surface area contributed by atoms with Crippen LogP contribution in [0.2, 0.25) is 0 Å². The number of nitrogen functional groups attached to an aromatic ring is 1. The van der Waals surface area contributed by atoms with Gasteiger partial charge in [-0.2, -0.15) is 36.2 Å². The molecule has 0 unspecified atom stereocenters. The Morgan fingerprint density at radius 3 is 1.94 bits per heavy atom. The van der Waals surface area contributed by atoms with Crippen molar-refractivity contribution in [2.45, 2.75) is 9.79 Å². The third-order valence-electron chi connectivity index (χ3n) is 4.21. The van der Waals surface area contributed by atoms with Crippen molar-refractivity contribution in [2.24, 2.45) is 0 Å². The predicted octanol–water partition coefficient (Wildman–Crippen LogP) is 0.920. The van der Waals surface area contributed by atoms with Gasteiger partial charge >= 0.3 is 16.5 Å². The van der Waals surface area contributed by atoms with E-state index in [2.05, 4.69) is 29.8 Å². The zero-order chi connectivity index (χ0) is 26.7. The molecule has 194 valence electrons. The Morgan fingerprint density at radius 2 is 1.42 bits per heavy atom. The van der Waals surface area contributed by atoms with Gasteiger partial charge in [0, 0.05) is 11.4 Å². The number of benzene rings is 2. The third-order valence-corrected chi connectivity index (χ3v) is 7.29. The number of sulfone groups is 1. The van der Waals surface area contributed by atoms with Crippen molar-refractivity contribution in [2.75, 3.05) is 28.7 Å². The fourth-order valence-corrected chi connectivity index (χ4v) is 4.78. The maximum Gasteiger partial charge on any atom is 0.397 e. The van der Waals surface area contributed by atoms with Gasteiger partial charge in [-0.1, -0.05) is 0 Å². The first-order valence-electron chi connectivity index (χ1n) is 9.40. The maximum atomic E-state index is 13.9. The number of hydrogen-bond acceptors (Lipinski definition) is 13. The molecule has 6 N–H and O–H groups in total. The largest absolute Gasteiger partial charge is 0.398 e. The van der Waals surface area contributed by atoms with Gasteiger partial charge in [0.15, 0.2) is 9.84 Å². The Balaban J connectivity index is 1.73. The molecule has 0 atom stereocenters. The van der Waals surface area contributed by atoms with E-state index >= 15 is 0 Å². The van der Waals surface area contributed by atoms with Crippen molar-refractivity contribution in [3.8, 4) is 0 Å². The summed E-state index contributed by atoms with van der Waals surface area (Å²) < 4.78 is 104. The lowest BCUT2D eigenvalue weighted by Crippen LogP contribution is -2.15. The van der Waals surface area contributed by atoms with E-state index < -0.39 is 53.7 Å². The minimum Gasteiger partial charge on any atom is -0.398 e. The van der Waals surface area contributed by atoms with E-state index in [9.17, 15) is 29.6 Å². The molecule has 0 amide bonds. The maximum absolute atomic E-state index is 13.9. The van der Waals surface area contributed by atoms with Crippen LogP contribution in [0.5, 0.6) is 0 Å². The highest BCUT2D eigenvalue weighted by Crippen LogP contribution is 2.24. The minimum absolute atomic E-state index is 0.170. The Bertz CT molecular complexity index is 1600.